The van der Waals surface area contributed by atoms with Gasteiger partial charge in [0, 0.05) is 11.3 Å². The number of ether oxygens (including phenoxy) is 2. The first-order valence-electron chi connectivity index (χ1n) is 10.5. The lowest BCUT2D eigenvalue weighted by Crippen LogP contribution is -2.46. The standard InChI is InChI=1S/C24H22N4O4/c1-3-16-18-21(28(27-16)14-10-6-5-7-11-14)32-20(25)19(22(29)31-4-2)24(18)15-12-8-9-13-17(15)26-23(24)30/h5-13H,3-4,25H2,1-2H3,(H,26,30). The van der Waals surface area contributed by atoms with Gasteiger partial charge in [-0.1, -0.05) is 43.3 Å². The molecule has 1 spiro atoms. The molecule has 0 saturated carbocycles. The van der Waals surface area contributed by atoms with Crippen molar-refractivity contribution in [3.8, 4) is 11.6 Å². The quantitative estimate of drug-likeness (QED) is 0.616. The number of amides is 1. The van der Waals surface area contributed by atoms with Crippen LogP contribution < -0.4 is 15.8 Å². The van der Waals surface area contributed by atoms with E-state index in [9.17, 15) is 9.59 Å². The van der Waals surface area contributed by atoms with Crippen LogP contribution in [0.3, 0.4) is 0 Å². The molecule has 1 atom stereocenters. The van der Waals surface area contributed by atoms with Gasteiger partial charge in [-0.25, -0.2) is 9.48 Å². The fraction of sp³-hybridized carbons (Fsp3) is 0.208. The highest BCUT2D eigenvalue weighted by Crippen LogP contribution is 2.55. The van der Waals surface area contributed by atoms with Gasteiger partial charge >= 0.3 is 5.97 Å². The summed E-state index contributed by atoms with van der Waals surface area (Å²) < 4.78 is 12.9. The van der Waals surface area contributed by atoms with Gasteiger partial charge in [0.15, 0.2) is 0 Å². The molecule has 2 aliphatic rings. The first kappa shape index (κ1) is 19.9. The zero-order valence-electron chi connectivity index (χ0n) is 17.7. The van der Waals surface area contributed by atoms with Crippen molar-refractivity contribution in [2.24, 2.45) is 5.73 Å². The summed E-state index contributed by atoms with van der Waals surface area (Å²) in [5, 5.41) is 7.68. The van der Waals surface area contributed by atoms with E-state index >= 15 is 0 Å². The number of para-hydroxylation sites is 2. The Morgan fingerprint density at radius 1 is 1.16 bits per heavy atom. The minimum absolute atomic E-state index is 0.0309. The van der Waals surface area contributed by atoms with Gasteiger partial charge in [-0.2, -0.15) is 5.10 Å². The van der Waals surface area contributed by atoms with Crippen molar-refractivity contribution >= 4 is 17.6 Å². The minimum atomic E-state index is -1.53. The van der Waals surface area contributed by atoms with Gasteiger partial charge in [-0.15, -0.1) is 0 Å². The molecule has 2 aromatic carbocycles. The maximum Gasteiger partial charge on any atom is 0.341 e. The molecule has 0 fully saturated rings. The van der Waals surface area contributed by atoms with Crippen molar-refractivity contribution < 1.29 is 19.1 Å². The van der Waals surface area contributed by atoms with Crippen molar-refractivity contribution in [2.75, 3.05) is 11.9 Å². The van der Waals surface area contributed by atoms with Gasteiger partial charge in [0.05, 0.1) is 23.6 Å². The molecule has 1 amide bonds. The molecular formula is C24H22N4O4. The van der Waals surface area contributed by atoms with E-state index in [1.165, 1.54) is 0 Å². The van der Waals surface area contributed by atoms with Crippen LogP contribution >= 0.6 is 0 Å². The Balaban J connectivity index is 1.89. The number of fused-ring (bicyclic) bond motifs is 4. The van der Waals surface area contributed by atoms with Crippen LogP contribution in [0.2, 0.25) is 0 Å². The average Bonchev–Trinajstić information content (AvgIpc) is 3.30. The van der Waals surface area contributed by atoms with E-state index in [2.05, 4.69) is 5.32 Å². The van der Waals surface area contributed by atoms with Gasteiger partial charge < -0.3 is 20.5 Å². The number of nitrogens with one attached hydrogen (secondary N) is 1. The average molecular weight is 430 g/mol. The lowest BCUT2D eigenvalue weighted by Gasteiger charge is -2.34. The van der Waals surface area contributed by atoms with E-state index in [-0.39, 0.29) is 18.1 Å². The number of aromatic nitrogens is 2. The van der Waals surface area contributed by atoms with E-state index in [0.29, 0.717) is 34.8 Å². The Labute approximate surface area is 184 Å². The van der Waals surface area contributed by atoms with Crippen LogP contribution in [0, 0.1) is 0 Å². The molecule has 3 N–H and O–H groups in total. The van der Waals surface area contributed by atoms with Crippen molar-refractivity contribution in [1.82, 2.24) is 9.78 Å². The van der Waals surface area contributed by atoms with E-state index < -0.39 is 17.3 Å². The van der Waals surface area contributed by atoms with Crippen LogP contribution in [0.4, 0.5) is 5.69 Å². The third-order valence-corrected chi connectivity index (χ3v) is 5.85. The van der Waals surface area contributed by atoms with Crippen LogP contribution in [-0.4, -0.2) is 28.3 Å². The smallest absolute Gasteiger partial charge is 0.341 e. The molecule has 32 heavy (non-hydrogen) atoms. The molecular weight excluding hydrogens is 408 g/mol. The lowest BCUT2D eigenvalue weighted by molar-refractivity contribution is -0.140. The number of hydrogen-bond donors (Lipinski definition) is 2. The van der Waals surface area contributed by atoms with Crippen LogP contribution in [-0.2, 0) is 26.2 Å². The number of anilines is 1. The zero-order chi connectivity index (χ0) is 22.5. The first-order chi connectivity index (χ1) is 15.5. The second-order valence-electron chi connectivity index (χ2n) is 7.54. The van der Waals surface area contributed by atoms with Gasteiger partial charge in [-0.05, 0) is 31.5 Å². The number of hydrogen-bond acceptors (Lipinski definition) is 6. The van der Waals surface area contributed by atoms with E-state index in [1.54, 1.807) is 17.7 Å². The highest BCUT2D eigenvalue weighted by molar-refractivity contribution is 6.17. The number of aryl methyl sites for hydroxylation is 1. The highest BCUT2D eigenvalue weighted by Gasteiger charge is 2.61. The number of esters is 1. The molecule has 8 nitrogen and oxygen atoms in total. The molecule has 1 unspecified atom stereocenters. The predicted molar refractivity (Wildman–Crippen MR) is 117 cm³/mol. The summed E-state index contributed by atoms with van der Waals surface area (Å²) in [7, 11) is 0. The second-order valence-corrected chi connectivity index (χ2v) is 7.54. The van der Waals surface area contributed by atoms with Crippen molar-refractivity contribution in [2.45, 2.75) is 25.7 Å². The molecule has 162 valence electrons. The molecule has 3 heterocycles. The first-order valence-corrected chi connectivity index (χ1v) is 10.5. The number of rotatable bonds is 4. The fourth-order valence-corrected chi connectivity index (χ4v) is 4.58. The molecule has 0 bridgehead atoms. The summed E-state index contributed by atoms with van der Waals surface area (Å²) in [5.74, 6) is -0.957. The predicted octanol–water partition coefficient (Wildman–Crippen LogP) is 2.80. The third kappa shape index (κ3) is 2.52. The van der Waals surface area contributed by atoms with E-state index in [0.717, 1.165) is 5.69 Å². The Bertz CT molecular complexity index is 1280. The SMILES string of the molecule is CCOC(=O)C1=C(N)Oc2c(c(CC)nn2-c2ccccc2)C12C(=O)Nc1ccccc12. The normalized spacial score (nSPS) is 18.8. The maximum atomic E-state index is 13.7. The Hall–Kier alpha value is -4.07. The molecule has 5 rings (SSSR count). The third-order valence-electron chi connectivity index (χ3n) is 5.85. The van der Waals surface area contributed by atoms with Crippen molar-refractivity contribution in [1.29, 1.82) is 0 Å². The monoisotopic (exact) mass is 430 g/mol. The van der Waals surface area contributed by atoms with Crippen molar-refractivity contribution in [3.63, 3.8) is 0 Å². The maximum absolute atomic E-state index is 13.7. The molecule has 0 radical (unpaired) electrons. The zero-order valence-corrected chi connectivity index (χ0v) is 17.7. The summed E-state index contributed by atoms with van der Waals surface area (Å²) in [6.45, 7) is 3.77. The fourth-order valence-electron chi connectivity index (χ4n) is 4.58. The second kappa shape index (κ2) is 7.26. The van der Waals surface area contributed by atoms with Crippen LogP contribution in [0.1, 0.15) is 30.7 Å². The van der Waals surface area contributed by atoms with Crippen LogP contribution in [0.5, 0.6) is 5.88 Å². The van der Waals surface area contributed by atoms with Gasteiger partial charge in [-0.3, -0.25) is 4.79 Å². The van der Waals surface area contributed by atoms with E-state index in [4.69, 9.17) is 20.3 Å². The van der Waals surface area contributed by atoms with E-state index in [1.807, 2.05) is 55.5 Å². The highest BCUT2D eigenvalue weighted by atomic mass is 16.5. The number of nitrogens with zero attached hydrogens (tertiary/aromatic N) is 2. The largest absolute Gasteiger partial charge is 0.462 e. The number of carbonyl (C=O) groups is 2. The Kier molecular flexibility index (Phi) is 4.51. The van der Waals surface area contributed by atoms with Crippen LogP contribution in [0.15, 0.2) is 66.1 Å². The van der Waals surface area contributed by atoms with Gasteiger partial charge in [0.25, 0.3) is 0 Å². The topological polar surface area (TPSA) is 108 Å². The number of nitrogens with two attached hydrogens (primary N) is 1. The summed E-state index contributed by atoms with van der Waals surface area (Å²) >= 11 is 0. The van der Waals surface area contributed by atoms with Gasteiger partial charge in [0.1, 0.15) is 11.0 Å². The van der Waals surface area contributed by atoms with Crippen LogP contribution in [0.25, 0.3) is 5.69 Å². The molecule has 2 aliphatic heterocycles. The Morgan fingerprint density at radius 3 is 2.59 bits per heavy atom. The Morgan fingerprint density at radius 2 is 1.88 bits per heavy atom. The molecule has 8 heteroatoms. The summed E-state index contributed by atoms with van der Waals surface area (Å²) in [5.41, 5.74) is 7.87. The minimum Gasteiger partial charge on any atom is -0.462 e. The number of benzene rings is 2. The van der Waals surface area contributed by atoms with Gasteiger partial charge in [0.2, 0.25) is 17.7 Å². The molecule has 1 aromatic heterocycles. The summed E-state index contributed by atoms with van der Waals surface area (Å²) in [4.78, 5) is 26.9. The molecule has 0 saturated heterocycles. The molecule has 3 aromatic rings. The summed E-state index contributed by atoms with van der Waals surface area (Å²) in [6, 6.07) is 16.7. The summed E-state index contributed by atoms with van der Waals surface area (Å²) in [6.07, 6.45) is 0.513. The molecule has 0 aliphatic carbocycles. The van der Waals surface area contributed by atoms with Crippen molar-refractivity contribution in [3.05, 3.63) is 82.9 Å². The number of carbonyl (C=O) groups excluding carboxylic acids is 2. The lowest BCUT2D eigenvalue weighted by atomic mass is 9.68.